The van der Waals surface area contributed by atoms with Crippen LogP contribution < -0.4 is 0 Å². The highest BCUT2D eigenvalue weighted by molar-refractivity contribution is 5.36. The zero-order valence-corrected chi connectivity index (χ0v) is 9.85. The number of aromatic hydroxyl groups is 2. The van der Waals surface area contributed by atoms with Crippen LogP contribution in [0.2, 0.25) is 0 Å². The van der Waals surface area contributed by atoms with Crippen molar-refractivity contribution in [2.24, 2.45) is 0 Å². The molecule has 0 radical (unpaired) electrons. The van der Waals surface area contributed by atoms with Crippen molar-refractivity contribution in [1.82, 2.24) is 0 Å². The molecule has 2 heteroatoms. The maximum Gasteiger partial charge on any atom is 0.118 e. The second kappa shape index (κ2) is 4.91. The first-order chi connectivity index (χ1) is 8.16. The van der Waals surface area contributed by atoms with E-state index in [-0.39, 0.29) is 0 Å². The Labute approximate surface area is 101 Å². The summed E-state index contributed by atoms with van der Waals surface area (Å²) in [6.07, 6.45) is 1.66. The van der Waals surface area contributed by atoms with Crippen LogP contribution in [0.15, 0.2) is 42.5 Å². The Morgan fingerprint density at radius 1 is 0.882 bits per heavy atom. The summed E-state index contributed by atoms with van der Waals surface area (Å²) in [7, 11) is 0. The second-order valence-corrected chi connectivity index (χ2v) is 4.25. The van der Waals surface area contributed by atoms with Crippen LogP contribution in [0.25, 0.3) is 0 Å². The number of aryl methyl sites for hydroxylation is 3. The van der Waals surface area contributed by atoms with Gasteiger partial charge in [0.05, 0.1) is 0 Å². The number of benzene rings is 2. The lowest BCUT2D eigenvalue weighted by molar-refractivity contribution is 0.467. The van der Waals surface area contributed by atoms with Gasteiger partial charge in [-0.15, -0.1) is 0 Å². The quantitative estimate of drug-likeness (QED) is 0.847. The third kappa shape index (κ3) is 2.78. The molecule has 0 heterocycles. The van der Waals surface area contributed by atoms with Crippen molar-refractivity contribution < 1.29 is 10.2 Å². The van der Waals surface area contributed by atoms with Gasteiger partial charge < -0.3 is 10.2 Å². The van der Waals surface area contributed by atoms with Crippen LogP contribution in [0.3, 0.4) is 0 Å². The van der Waals surface area contributed by atoms with Crippen molar-refractivity contribution >= 4 is 0 Å². The van der Waals surface area contributed by atoms with E-state index >= 15 is 0 Å². The van der Waals surface area contributed by atoms with Gasteiger partial charge in [-0.1, -0.05) is 30.3 Å². The predicted octanol–water partition coefficient (Wildman–Crippen LogP) is 3.19. The van der Waals surface area contributed by atoms with Gasteiger partial charge in [0.1, 0.15) is 11.5 Å². The molecule has 0 atom stereocenters. The summed E-state index contributed by atoms with van der Waals surface area (Å²) in [5, 5.41) is 19.1. The van der Waals surface area contributed by atoms with Crippen molar-refractivity contribution in [3.05, 3.63) is 59.2 Å². The largest absolute Gasteiger partial charge is 0.508 e. The Morgan fingerprint density at radius 2 is 1.65 bits per heavy atom. The van der Waals surface area contributed by atoms with Crippen molar-refractivity contribution in [3.63, 3.8) is 0 Å². The third-order valence-corrected chi connectivity index (χ3v) is 2.94. The minimum absolute atomic E-state index is 0.330. The molecule has 2 aromatic carbocycles. The number of para-hydroxylation sites is 1. The predicted molar refractivity (Wildman–Crippen MR) is 68.4 cm³/mol. The molecule has 0 bridgehead atoms. The van der Waals surface area contributed by atoms with Crippen LogP contribution in [0.1, 0.15) is 16.7 Å². The van der Waals surface area contributed by atoms with E-state index in [0.717, 1.165) is 24.0 Å². The maximum absolute atomic E-state index is 9.65. The van der Waals surface area contributed by atoms with Crippen molar-refractivity contribution in [3.8, 4) is 11.5 Å². The first-order valence-corrected chi connectivity index (χ1v) is 5.72. The zero-order chi connectivity index (χ0) is 12.3. The average Bonchev–Trinajstić information content (AvgIpc) is 2.32. The Morgan fingerprint density at radius 3 is 2.35 bits per heavy atom. The first-order valence-electron chi connectivity index (χ1n) is 5.72. The van der Waals surface area contributed by atoms with Gasteiger partial charge in [0.2, 0.25) is 0 Å². The molecule has 2 rings (SSSR count). The summed E-state index contributed by atoms with van der Waals surface area (Å²) < 4.78 is 0. The highest BCUT2D eigenvalue weighted by Gasteiger charge is 2.02. The smallest absolute Gasteiger partial charge is 0.118 e. The normalized spacial score (nSPS) is 10.4. The molecule has 0 saturated heterocycles. The third-order valence-electron chi connectivity index (χ3n) is 2.94. The molecule has 2 N–H and O–H groups in total. The van der Waals surface area contributed by atoms with E-state index in [9.17, 15) is 10.2 Å². The molecule has 0 aliphatic rings. The molecule has 2 nitrogen and oxygen atoms in total. The molecule has 0 amide bonds. The molecule has 0 saturated carbocycles. The lowest BCUT2D eigenvalue weighted by Gasteiger charge is -2.06. The Balaban J connectivity index is 2.08. The van der Waals surface area contributed by atoms with Crippen LogP contribution >= 0.6 is 0 Å². The highest BCUT2D eigenvalue weighted by Crippen LogP contribution is 2.21. The van der Waals surface area contributed by atoms with E-state index in [2.05, 4.69) is 0 Å². The van der Waals surface area contributed by atoms with Crippen LogP contribution in [0.4, 0.5) is 0 Å². The Kier molecular flexibility index (Phi) is 3.33. The summed E-state index contributed by atoms with van der Waals surface area (Å²) in [4.78, 5) is 0. The van der Waals surface area contributed by atoms with Crippen LogP contribution in [-0.4, -0.2) is 10.2 Å². The van der Waals surface area contributed by atoms with Crippen LogP contribution in [-0.2, 0) is 12.8 Å². The van der Waals surface area contributed by atoms with Crippen molar-refractivity contribution in [2.75, 3.05) is 0 Å². The SMILES string of the molecule is Cc1cc(CCc2ccccc2O)ccc1O. The fraction of sp³-hybridized carbons (Fsp3) is 0.200. The highest BCUT2D eigenvalue weighted by atomic mass is 16.3. The monoisotopic (exact) mass is 228 g/mol. The van der Waals surface area contributed by atoms with Gasteiger partial charge in [-0.2, -0.15) is 0 Å². The van der Waals surface area contributed by atoms with Gasteiger partial charge in [0.15, 0.2) is 0 Å². The molecule has 88 valence electrons. The van der Waals surface area contributed by atoms with Gasteiger partial charge in [0.25, 0.3) is 0 Å². The Bertz CT molecular complexity index is 518. The fourth-order valence-corrected chi connectivity index (χ4v) is 1.87. The molecule has 0 aromatic heterocycles. The van der Waals surface area contributed by atoms with Gasteiger partial charge in [-0.3, -0.25) is 0 Å². The molecule has 0 spiro atoms. The summed E-state index contributed by atoms with van der Waals surface area (Å²) in [5.74, 6) is 0.680. The average molecular weight is 228 g/mol. The van der Waals surface area contributed by atoms with E-state index in [4.69, 9.17) is 0 Å². The van der Waals surface area contributed by atoms with Gasteiger partial charge in [-0.05, 0) is 48.6 Å². The maximum atomic E-state index is 9.65. The summed E-state index contributed by atoms with van der Waals surface area (Å²) >= 11 is 0. The molecular weight excluding hydrogens is 212 g/mol. The number of rotatable bonds is 3. The van der Waals surface area contributed by atoms with Gasteiger partial charge in [0, 0.05) is 0 Å². The van der Waals surface area contributed by atoms with Gasteiger partial charge >= 0.3 is 0 Å². The molecule has 2 aromatic rings. The van der Waals surface area contributed by atoms with Crippen molar-refractivity contribution in [1.29, 1.82) is 0 Å². The van der Waals surface area contributed by atoms with E-state index in [1.54, 1.807) is 12.1 Å². The lowest BCUT2D eigenvalue weighted by atomic mass is 10.0. The minimum atomic E-state index is 0.330. The van der Waals surface area contributed by atoms with E-state index in [0.29, 0.717) is 11.5 Å². The molecule has 0 fully saturated rings. The van der Waals surface area contributed by atoms with E-state index in [1.165, 1.54) is 5.56 Å². The molecule has 0 unspecified atom stereocenters. The minimum Gasteiger partial charge on any atom is -0.508 e. The number of phenolic OH excluding ortho intramolecular Hbond substituents is 2. The summed E-state index contributed by atoms with van der Waals surface area (Å²) in [6.45, 7) is 1.89. The van der Waals surface area contributed by atoms with Crippen molar-refractivity contribution in [2.45, 2.75) is 19.8 Å². The first kappa shape index (κ1) is 11.5. The van der Waals surface area contributed by atoms with Gasteiger partial charge in [-0.25, -0.2) is 0 Å². The van der Waals surface area contributed by atoms with E-state index in [1.807, 2.05) is 37.3 Å². The van der Waals surface area contributed by atoms with Crippen LogP contribution in [0, 0.1) is 6.92 Å². The van der Waals surface area contributed by atoms with Crippen LogP contribution in [0.5, 0.6) is 11.5 Å². The lowest BCUT2D eigenvalue weighted by Crippen LogP contribution is -1.92. The summed E-state index contributed by atoms with van der Waals surface area (Å²) in [6, 6.07) is 13.0. The standard InChI is InChI=1S/C15H16O2/c1-11-10-12(7-9-14(11)16)6-8-13-4-2-3-5-15(13)17/h2-5,7,9-10,16-17H,6,8H2,1H3. The molecule has 17 heavy (non-hydrogen) atoms. The molecular formula is C15H16O2. The molecule has 0 aliphatic carbocycles. The fourth-order valence-electron chi connectivity index (χ4n) is 1.87. The Hall–Kier alpha value is -1.96. The zero-order valence-electron chi connectivity index (χ0n) is 9.85. The van der Waals surface area contributed by atoms with E-state index < -0.39 is 0 Å². The topological polar surface area (TPSA) is 40.5 Å². The summed E-state index contributed by atoms with van der Waals surface area (Å²) in [5.41, 5.74) is 3.02. The number of hydrogen-bond acceptors (Lipinski definition) is 2. The number of hydrogen-bond donors (Lipinski definition) is 2. The molecule has 0 aliphatic heterocycles. The number of phenols is 2. The second-order valence-electron chi connectivity index (χ2n) is 4.25.